The summed E-state index contributed by atoms with van der Waals surface area (Å²) in [6.07, 6.45) is 2.52. The Morgan fingerprint density at radius 2 is 2.04 bits per heavy atom. The first-order valence-electron chi connectivity index (χ1n) is 7.18. The zero-order valence-corrected chi connectivity index (χ0v) is 16.8. The van der Waals surface area contributed by atoms with Crippen LogP contribution >= 0.6 is 40.7 Å². The van der Waals surface area contributed by atoms with Crippen molar-refractivity contribution < 1.29 is 9.21 Å². The van der Waals surface area contributed by atoms with Crippen molar-refractivity contribution in [3.8, 4) is 11.3 Å². The van der Waals surface area contributed by atoms with Crippen LogP contribution in [0.5, 0.6) is 0 Å². The molecule has 0 spiro atoms. The minimum absolute atomic E-state index is 0. The third-order valence-electron chi connectivity index (χ3n) is 3.64. The number of rotatable bonds is 6. The molecular weight excluding hydrogens is 417 g/mol. The van der Waals surface area contributed by atoms with E-state index < -0.39 is 0 Å². The van der Waals surface area contributed by atoms with Crippen molar-refractivity contribution in [1.29, 1.82) is 0 Å². The number of halogens is 3. The number of likely N-dealkylation sites (N-methyl/N-ethyl adjacent to an activating group) is 1. The summed E-state index contributed by atoms with van der Waals surface area (Å²) in [4.78, 5) is 18.0. The number of carbonyl (C=O) groups is 1. The van der Waals surface area contributed by atoms with Crippen LogP contribution < -0.4 is 5.73 Å². The molecule has 0 fully saturated rings. The Morgan fingerprint density at radius 3 is 2.67 bits per heavy atom. The van der Waals surface area contributed by atoms with E-state index in [0.29, 0.717) is 31.0 Å². The van der Waals surface area contributed by atoms with E-state index in [9.17, 15) is 4.79 Å². The molecule has 0 saturated heterocycles. The van der Waals surface area contributed by atoms with Gasteiger partial charge in [0, 0.05) is 42.5 Å². The van der Waals surface area contributed by atoms with Crippen LogP contribution in [-0.4, -0.2) is 35.4 Å². The third-order valence-corrected chi connectivity index (χ3v) is 4.33. The Hall–Kier alpha value is -1.08. The topological polar surface area (TPSA) is 72.4 Å². The lowest BCUT2D eigenvalue weighted by molar-refractivity contribution is -0.131. The number of hydrogen-bond acceptors (Lipinski definition) is 4. The molecule has 1 amide bonds. The largest absolute Gasteiger partial charge is 0.441 e. The molecule has 1 atom stereocenters. The summed E-state index contributed by atoms with van der Waals surface area (Å²) >= 11 is 3.49. The van der Waals surface area contributed by atoms with Crippen LogP contribution in [0.4, 0.5) is 0 Å². The Morgan fingerprint density at radius 1 is 1.38 bits per heavy atom. The first-order chi connectivity index (χ1) is 10.5. The molecule has 0 radical (unpaired) electrons. The number of aryl methyl sites for hydroxylation is 1. The van der Waals surface area contributed by atoms with Gasteiger partial charge < -0.3 is 15.1 Å². The van der Waals surface area contributed by atoms with E-state index in [2.05, 4.69) is 20.9 Å². The van der Waals surface area contributed by atoms with Gasteiger partial charge in [0.05, 0.1) is 6.20 Å². The molecule has 8 heteroatoms. The summed E-state index contributed by atoms with van der Waals surface area (Å²) in [6, 6.07) is 7.82. The Bertz CT molecular complexity index is 652. The summed E-state index contributed by atoms with van der Waals surface area (Å²) in [5.74, 6) is 1.30. The minimum atomic E-state index is 0. The molecule has 0 aliphatic rings. The summed E-state index contributed by atoms with van der Waals surface area (Å²) < 4.78 is 6.68. The predicted molar refractivity (Wildman–Crippen MR) is 104 cm³/mol. The molecule has 5 nitrogen and oxygen atoms in total. The molecule has 2 aromatic rings. The second-order valence-electron chi connectivity index (χ2n) is 5.19. The molecular formula is C16H22BrCl2N3O2. The molecule has 24 heavy (non-hydrogen) atoms. The first-order valence-corrected chi connectivity index (χ1v) is 7.97. The van der Waals surface area contributed by atoms with E-state index in [-0.39, 0.29) is 36.8 Å². The minimum Gasteiger partial charge on any atom is -0.441 e. The van der Waals surface area contributed by atoms with Crippen LogP contribution in [0.15, 0.2) is 39.4 Å². The number of aromatic nitrogens is 1. The lowest BCUT2D eigenvalue weighted by atomic mass is 10.2. The number of carbonyl (C=O) groups excluding carboxylic acids is 1. The zero-order valence-electron chi connectivity index (χ0n) is 13.6. The highest BCUT2D eigenvalue weighted by atomic mass is 79.9. The Kier molecular flexibility index (Phi) is 10.2. The fourth-order valence-electron chi connectivity index (χ4n) is 2.01. The van der Waals surface area contributed by atoms with Crippen molar-refractivity contribution in [3.63, 3.8) is 0 Å². The number of benzene rings is 1. The SMILES string of the molecule is CC(CN)N(C)C(=O)CCc1ncc(-c2ccccc2Br)o1.Cl.Cl. The maximum absolute atomic E-state index is 12.0. The van der Waals surface area contributed by atoms with Crippen LogP contribution in [0.1, 0.15) is 19.2 Å². The second-order valence-corrected chi connectivity index (χ2v) is 6.04. The fourth-order valence-corrected chi connectivity index (χ4v) is 2.49. The third kappa shape index (κ3) is 5.77. The van der Waals surface area contributed by atoms with Crippen molar-refractivity contribution in [2.75, 3.05) is 13.6 Å². The highest BCUT2D eigenvalue weighted by Gasteiger charge is 2.16. The average molecular weight is 439 g/mol. The zero-order chi connectivity index (χ0) is 16.1. The van der Waals surface area contributed by atoms with Crippen LogP contribution in [0.25, 0.3) is 11.3 Å². The van der Waals surface area contributed by atoms with Gasteiger partial charge in [0.15, 0.2) is 11.7 Å². The molecule has 1 aromatic carbocycles. The van der Waals surface area contributed by atoms with Crippen molar-refractivity contribution >= 4 is 46.7 Å². The number of oxazole rings is 1. The highest BCUT2D eigenvalue weighted by molar-refractivity contribution is 9.10. The summed E-state index contributed by atoms with van der Waals surface area (Å²) in [5.41, 5.74) is 6.52. The van der Waals surface area contributed by atoms with Crippen molar-refractivity contribution in [1.82, 2.24) is 9.88 Å². The maximum atomic E-state index is 12.0. The number of amides is 1. The fraction of sp³-hybridized carbons (Fsp3) is 0.375. The van der Waals surface area contributed by atoms with Gasteiger partial charge in [-0.25, -0.2) is 4.98 Å². The van der Waals surface area contributed by atoms with E-state index in [0.717, 1.165) is 10.0 Å². The van der Waals surface area contributed by atoms with E-state index >= 15 is 0 Å². The van der Waals surface area contributed by atoms with Gasteiger partial charge >= 0.3 is 0 Å². The lowest BCUT2D eigenvalue weighted by Gasteiger charge is -2.23. The summed E-state index contributed by atoms with van der Waals surface area (Å²) in [5, 5.41) is 0. The van der Waals surface area contributed by atoms with Gasteiger partial charge in [-0.05, 0) is 13.0 Å². The van der Waals surface area contributed by atoms with Crippen LogP contribution in [-0.2, 0) is 11.2 Å². The quantitative estimate of drug-likeness (QED) is 0.746. The molecule has 1 unspecified atom stereocenters. The van der Waals surface area contributed by atoms with Gasteiger partial charge in [-0.2, -0.15) is 0 Å². The number of nitrogens with two attached hydrogens (primary N) is 1. The second kappa shape index (κ2) is 10.7. The monoisotopic (exact) mass is 437 g/mol. The van der Waals surface area contributed by atoms with E-state index in [1.54, 1.807) is 18.1 Å². The summed E-state index contributed by atoms with van der Waals surface area (Å²) in [6.45, 7) is 2.38. The molecule has 0 aliphatic heterocycles. The van der Waals surface area contributed by atoms with Gasteiger partial charge in [-0.1, -0.05) is 34.1 Å². The van der Waals surface area contributed by atoms with E-state index in [4.69, 9.17) is 10.2 Å². The molecule has 0 aliphatic carbocycles. The van der Waals surface area contributed by atoms with Crippen molar-refractivity contribution in [2.45, 2.75) is 25.8 Å². The van der Waals surface area contributed by atoms with Gasteiger partial charge in [-0.3, -0.25) is 4.79 Å². The van der Waals surface area contributed by atoms with E-state index in [1.807, 2.05) is 31.2 Å². The van der Waals surface area contributed by atoms with Crippen LogP contribution in [0, 0.1) is 0 Å². The molecule has 2 N–H and O–H groups in total. The van der Waals surface area contributed by atoms with Gasteiger partial charge in [0.1, 0.15) is 0 Å². The molecule has 1 aromatic heterocycles. The van der Waals surface area contributed by atoms with Crippen LogP contribution in [0.3, 0.4) is 0 Å². The highest BCUT2D eigenvalue weighted by Crippen LogP contribution is 2.28. The standard InChI is InChI=1S/C16H20BrN3O2.2ClH/c1-11(9-18)20(2)16(21)8-7-15-19-10-14(22-15)12-5-3-4-6-13(12)17;;/h3-6,10-11H,7-9,18H2,1-2H3;2*1H. The molecule has 2 rings (SSSR count). The van der Waals surface area contributed by atoms with E-state index in [1.165, 1.54) is 0 Å². The molecule has 0 saturated carbocycles. The van der Waals surface area contributed by atoms with Crippen molar-refractivity contribution in [2.24, 2.45) is 5.73 Å². The van der Waals surface area contributed by atoms with Crippen LogP contribution in [0.2, 0.25) is 0 Å². The average Bonchev–Trinajstić information content (AvgIpc) is 3.00. The lowest BCUT2D eigenvalue weighted by Crippen LogP contribution is -2.39. The Labute approximate surface area is 162 Å². The number of hydrogen-bond donors (Lipinski definition) is 1. The predicted octanol–water partition coefficient (Wildman–Crippen LogP) is 3.69. The molecule has 134 valence electrons. The molecule has 1 heterocycles. The first kappa shape index (κ1) is 22.9. The van der Waals surface area contributed by atoms with Gasteiger partial charge in [0.2, 0.25) is 5.91 Å². The number of nitrogens with zero attached hydrogens (tertiary/aromatic N) is 2. The normalized spacial score (nSPS) is 11.2. The Balaban J connectivity index is 0.00000264. The van der Waals surface area contributed by atoms with Crippen molar-refractivity contribution in [3.05, 3.63) is 40.8 Å². The van der Waals surface area contributed by atoms with Gasteiger partial charge in [-0.15, -0.1) is 24.8 Å². The smallest absolute Gasteiger partial charge is 0.223 e. The maximum Gasteiger partial charge on any atom is 0.223 e. The summed E-state index contributed by atoms with van der Waals surface area (Å²) in [7, 11) is 1.77. The molecule has 0 bridgehead atoms. The van der Waals surface area contributed by atoms with Gasteiger partial charge in [0.25, 0.3) is 0 Å².